The molecule has 0 aliphatic rings. The average molecular weight is 409 g/mol. The maximum atomic E-state index is 12.3. The van der Waals surface area contributed by atoms with E-state index in [9.17, 15) is 9.59 Å². The van der Waals surface area contributed by atoms with E-state index in [1.807, 2.05) is 38.1 Å². The van der Waals surface area contributed by atoms with Crippen molar-refractivity contribution in [3.05, 3.63) is 63.8 Å². The zero-order valence-electron chi connectivity index (χ0n) is 16.8. The van der Waals surface area contributed by atoms with E-state index < -0.39 is 5.97 Å². The number of nitrogens with one attached hydrogen (secondary N) is 1. The van der Waals surface area contributed by atoms with Crippen molar-refractivity contribution < 1.29 is 9.53 Å². The number of unbranched alkanes of at least 4 members (excludes halogenated alkanes) is 1. The van der Waals surface area contributed by atoms with Gasteiger partial charge in [-0.25, -0.2) is 9.48 Å². The largest absolute Gasteiger partial charge is 0.453 e. The minimum Gasteiger partial charge on any atom is -0.453 e. The number of hydrogen-bond acceptors (Lipinski definition) is 9. The van der Waals surface area contributed by atoms with Crippen LogP contribution in [0.15, 0.2) is 41.2 Å². The van der Waals surface area contributed by atoms with E-state index in [0.717, 1.165) is 24.1 Å². The minimum absolute atomic E-state index is 0.00287. The van der Waals surface area contributed by atoms with Gasteiger partial charge in [-0.05, 0) is 31.5 Å². The monoisotopic (exact) mass is 409 g/mol. The Morgan fingerprint density at radius 3 is 2.63 bits per heavy atom. The summed E-state index contributed by atoms with van der Waals surface area (Å²) in [5.41, 5.74) is 7.42. The van der Waals surface area contributed by atoms with Crippen molar-refractivity contribution in [1.29, 1.82) is 0 Å². The van der Waals surface area contributed by atoms with Crippen LogP contribution in [0.25, 0.3) is 0 Å². The van der Waals surface area contributed by atoms with Crippen LogP contribution in [0.3, 0.4) is 0 Å². The summed E-state index contributed by atoms with van der Waals surface area (Å²) in [6, 6.07) is 10.3. The van der Waals surface area contributed by atoms with Gasteiger partial charge in [-0.2, -0.15) is 20.1 Å². The highest BCUT2D eigenvalue weighted by Crippen LogP contribution is 2.14. The van der Waals surface area contributed by atoms with Crippen molar-refractivity contribution in [3.8, 4) is 0 Å². The molecular formula is C20H23N7O3. The molecule has 0 spiro atoms. The standard InChI is InChI=1S/C20H23N7O3/c1-3-4-11-27-17(28)10-9-15(26-27)18(29)30-12-16-23-19(21)25-20(24-16)22-14-7-5-13(2)6-8-14/h5-10H,3-4,11-12H2,1-2H3,(H3,21,22,23,24,25). The third-order valence-corrected chi connectivity index (χ3v) is 4.14. The molecular weight excluding hydrogens is 386 g/mol. The molecule has 0 amide bonds. The van der Waals surface area contributed by atoms with Gasteiger partial charge in [0.1, 0.15) is 0 Å². The molecule has 0 atom stereocenters. The molecule has 10 heteroatoms. The quantitative estimate of drug-likeness (QED) is 0.536. The first-order valence-electron chi connectivity index (χ1n) is 9.54. The average Bonchev–Trinajstić information content (AvgIpc) is 2.73. The number of hydrogen-bond donors (Lipinski definition) is 2. The summed E-state index contributed by atoms with van der Waals surface area (Å²) in [7, 11) is 0. The number of nitrogen functional groups attached to an aromatic ring is 1. The molecule has 0 unspecified atom stereocenters. The molecule has 1 aromatic carbocycles. The van der Waals surface area contributed by atoms with Gasteiger partial charge in [-0.1, -0.05) is 31.0 Å². The van der Waals surface area contributed by atoms with Gasteiger partial charge in [-0.15, -0.1) is 0 Å². The normalized spacial score (nSPS) is 10.6. The van der Waals surface area contributed by atoms with Crippen LogP contribution in [0, 0.1) is 6.92 Å². The molecule has 0 fully saturated rings. The second-order valence-electron chi connectivity index (χ2n) is 6.63. The Bertz CT molecular complexity index is 1080. The summed E-state index contributed by atoms with van der Waals surface area (Å²) >= 11 is 0. The predicted octanol–water partition coefficient (Wildman–Crippen LogP) is 2.22. The highest BCUT2D eigenvalue weighted by atomic mass is 16.5. The molecule has 0 aliphatic heterocycles. The van der Waals surface area contributed by atoms with Crippen molar-refractivity contribution in [2.24, 2.45) is 0 Å². The Morgan fingerprint density at radius 1 is 1.13 bits per heavy atom. The van der Waals surface area contributed by atoms with E-state index in [0.29, 0.717) is 6.54 Å². The number of benzene rings is 1. The molecule has 3 N–H and O–H groups in total. The first kappa shape index (κ1) is 20.9. The number of carbonyl (C=O) groups excluding carboxylic acids is 1. The van der Waals surface area contributed by atoms with Crippen molar-refractivity contribution in [2.45, 2.75) is 39.8 Å². The summed E-state index contributed by atoms with van der Waals surface area (Å²) in [4.78, 5) is 36.4. The van der Waals surface area contributed by atoms with Crippen molar-refractivity contribution in [2.75, 3.05) is 11.1 Å². The zero-order valence-corrected chi connectivity index (χ0v) is 16.8. The predicted molar refractivity (Wildman–Crippen MR) is 111 cm³/mol. The van der Waals surface area contributed by atoms with Crippen LogP contribution in [0.5, 0.6) is 0 Å². The fourth-order valence-electron chi connectivity index (χ4n) is 2.55. The van der Waals surface area contributed by atoms with Gasteiger partial charge in [0, 0.05) is 18.3 Å². The van der Waals surface area contributed by atoms with E-state index in [1.54, 1.807) is 0 Å². The maximum Gasteiger partial charge on any atom is 0.359 e. The Balaban J connectivity index is 1.68. The molecule has 0 aliphatic carbocycles. The zero-order chi connectivity index (χ0) is 21.5. The Kier molecular flexibility index (Phi) is 6.68. The van der Waals surface area contributed by atoms with Crippen LogP contribution in [0.4, 0.5) is 17.6 Å². The molecule has 156 valence electrons. The van der Waals surface area contributed by atoms with Gasteiger partial charge in [0.05, 0.1) is 0 Å². The molecule has 30 heavy (non-hydrogen) atoms. The van der Waals surface area contributed by atoms with Gasteiger partial charge in [0.15, 0.2) is 18.1 Å². The Morgan fingerprint density at radius 2 is 1.90 bits per heavy atom. The topological polar surface area (TPSA) is 138 Å². The second kappa shape index (κ2) is 9.59. The van der Waals surface area contributed by atoms with Gasteiger partial charge >= 0.3 is 5.97 Å². The molecule has 0 saturated carbocycles. The van der Waals surface area contributed by atoms with Crippen LogP contribution < -0.4 is 16.6 Å². The molecule has 0 saturated heterocycles. The van der Waals surface area contributed by atoms with Crippen molar-refractivity contribution >= 4 is 23.6 Å². The van der Waals surface area contributed by atoms with Gasteiger partial charge < -0.3 is 15.8 Å². The highest BCUT2D eigenvalue weighted by molar-refractivity contribution is 5.86. The number of ether oxygens (including phenoxy) is 1. The van der Waals surface area contributed by atoms with Gasteiger partial charge in [0.25, 0.3) is 5.56 Å². The van der Waals surface area contributed by atoms with Crippen LogP contribution >= 0.6 is 0 Å². The number of anilines is 3. The van der Waals surface area contributed by atoms with Crippen molar-refractivity contribution in [1.82, 2.24) is 24.7 Å². The summed E-state index contributed by atoms with van der Waals surface area (Å²) in [6.45, 7) is 4.21. The number of nitrogens with two attached hydrogens (primary N) is 1. The summed E-state index contributed by atoms with van der Waals surface area (Å²) in [5.74, 6) is -0.266. The second-order valence-corrected chi connectivity index (χ2v) is 6.63. The molecule has 0 bridgehead atoms. The third-order valence-electron chi connectivity index (χ3n) is 4.14. The summed E-state index contributed by atoms with van der Waals surface area (Å²) in [5, 5.41) is 7.09. The van der Waals surface area contributed by atoms with Crippen LogP contribution in [0.1, 0.15) is 41.6 Å². The Hall–Kier alpha value is -3.82. The fourth-order valence-corrected chi connectivity index (χ4v) is 2.55. The minimum atomic E-state index is -0.688. The van der Waals surface area contributed by atoms with Crippen LogP contribution in [-0.4, -0.2) is 30.7 Å². The Labute approximate surface area is 173 Å². The molecule has 2 aromatic heterocycles. The fraction of sp³-hybridized carbons (Fsp3) is 0.300. The first-order valence-corrected chi connectivity index (χ1v) is 9.54. The van der Waals surface area contributed by atoms with E-state index in [4.69, 9.17) is 10.5 Å². The smallest absolute Gasteiger partial charge is 0.359 e. The molecule has 2 heterocycles. The number of aryl methyl sites for hydroxylation is 2. The molecule has 10 nitrogen and oxygen atoms in total. The van der Waals surface area contributed by atoms with E-state index >= 15 is 0 Å². The van der Waals surface area contributed by atoms with E-state index in [-0.39, 0.29) is 35.6 Å². The third kappa shape index (κ3) is 5.60. The lowest BCUT2D eigenvalue weighted by atomic mass is 10.2. The van der Waals surface area contributed by atoms with Crippen LogP contribution in [0.2, 0.25) is 0 Å². The highest BCUT2D eigenvalue weighted by Gasteiger charge is 2.13. The summed E-state index contributed by atoms with van der Waals surface area (Å²) < 4.78 is 6.49. The van der Waals surface area contributed by atoms with Gasteiger partial charge in [-0.3, -0.25) is 4.79 Å². The van der Waals surface area contributed by atoms with Gasteiger partial charge in [0.2, 0.25) is 11.9 Å². The van der Waals surface area contributed by atoms with E-state index in [1.165, 1.54) is 16.8 Å². The number of carbonyl (C=O) groups is 1. The molecule has 3 rings (SSSR count). The number of aromatic nitrogens is 5. The molecule has 0 radical (unpaired) electrons. The first-order chi connectivity index (χ1) is 14.4. The SMILES string of the molecule is CCCCn1nc(C(=O)OCc2nc(N)nc(Nc3ccc(C)cc3)n2)ccc1=O. The van der Waals surface area contributed by atoms with Crippen LogP contribution in [-0.2, 0) is 17.9 Å². The lowest BCUT2D eigenvalue weighted by Crippen LogP contribution is -2.25. The lowest BCUT2D eigenvalue weighted by molar-refractivity contribution is 0.0452. The van der Waals surface area contributed by atoms with Crippen molar-refractivity contribution in [3.63, 3.8) is 0 Å². The maximum absolute atomic E-state index is 12.3. The number of nitrogens with zero attached hydrogens (tertiary/aromatic N) is 5. The van der Waals surface area contributed by atoms with E-state index in [2.05, 4.69) is 25.4 Å². The number of esters is 1. The summed E-state index contributed by atoms with van der Waals surface area (Å²) in [6.07, 6.45) is 1.69. The lowest BCUT2D eigenvalue weighted by Gasteiger charge is -2.09. The number of rotatable bonds is 8. The molecule has 3 aromatic rings.